The number of carboxylic acid groups (broad SMARTS) is 1. The van der Waals surface area contributed by atoms with Gasteiger partial charge < -0.3 is 9.84 Å². The van der Waals surface area contributed by atoms with Gasteiger partial charge in [-0.25, -0.2) is 12.7 Å². The third-order valence-corrected chi connectivity index (χ3v) is 6.94. The molecule has 4 atom stereocenters. The summed E-state index contributed by atoms with van der Waals surface area (Å²) in [5.41, 5.74) is 0. The van der Waals surface area contributed by atoms with Crippen molar-refractivity contribution in [2.24, 2.45) is 17.8 Å². The van der Waals surface area contributed by atoms with Crippen molar-refractivity contribution in [2.75, 3.05) is 20.2 Å². The maximum atomic E-state index is 12.7. The summed E-state index contributed by atoms with van der Waals surface area (Å²) in [6, 6.07) is 0. The van der Waals surface area contributed by atoms with E-state index in [9.17, 15) is 18.0 Å². The van der Waals surface area contributed by atoms with Crippen molar-refractivity contribution < 1.29 is 27.9 Å². The molecule has 2 fully saturated rings. The highest BCUT2D eigenvalue weighted by molar-refractivity contribution is 7.89. The maximum Gasteiger partial charge on any atom is 0.310 e. The molecule has 120 valence electrons. The Hall–Kier alpha value is -1.15. The van der Waals surface area contributed by atoms with E-state index in [1.54, 1.807) is 6.92 Å². The van der Waals surface area contributed by atoms with Gasteiger partial charge in [-0.1, -0.05) is 13.3 Å². The Morgan fingerprint density at radius 1 is 1.19 bits per heavy atom. The van der Waals surface area contributed by atoms with Crippen LogP contribution in [0.4, 0.5) is 0 Å². The van der Waals surface area contributed by atoms with Crippen LogP contribution in [0, 0.1) is 17.8 Å². The zero-order valence-electron chi connectivity index (χ0n) is 12.2. The van der Waals surface area contributed by atoms with Crippen molar-refractivity contribution in [2.45, 2.75) is 31.4 Å². The van der Waals surface area contributed by atoms with Gasteiger partial charge in [0.25, 0.3) is 0 Å². The number of hydrogen-bond donors (Lipinski definition) is 1. The number of methoxy groups -OCH3 is 1. The minimum atomic E-state index is -3.67. The Morgan fingerprint density at radius 3 is 2.38 bits per heavy atom. The molecule has 2 aliphatic rings. The Kier molecular flexibility index (Phi) is 4.57. The van der Waals surface area contributed by atoms with Gasteiger partial charge in [0.15, 0.2) is 0 Å². The summed E-state index contributed by atoms with van der Waals surface area (Å²) in [6.07, 6.45) is 1.59. The fourth-order valence-electron chi connectivity index (χ4n) is 3.35. The lowest BCUT2D eigenvalue weighted by Crippen LogP contribution is -2.41. The molecule has 0 aromatic carbocycles. The lowest BCUT2D eigenvalue weighted by molar-refractivity contribution is -0.145. The molecule has 1 saturated heterocycles. The first-order valence-electron chi connectivity index (χ1n) is 7.08. The monoisotopic (exact) mass is 319 g/mol. The molecule has 1 N–H and O–H groups in total. The Morgan fingerprint density at radius 2 is 1.86 bits per heavy atom. The molecule has 21 heavy (non-hydrogen) atoms. The van der Waals surface area contributed by atoms with Crippen LogP contribution >= 0.6 is 0 Å². The zero-order valence-corrected chi connectivity index (χ0v) is 13.0. The maximum absolute atomic E-state index is 12.7. The highest BCUT2D eigenvalue weighted by Crippen LogP contribution is 2.36. The molecular formula is C13H21NO6S. The molecule has 0 aromatic rings. The number of esters is 1. The minimum absolute atomic E-state index is 0.0107. The zero-order chi connectivity index (χ0) is 15.8. The largest absolute Gasteiger partial charge is 0.481 e. The van der Waals surface area contributed by atoms with Gasteiger partial charge in [0.05, 0.1) is 24.2 Å². The average Bonchev–Trinajstić information content (AvgIpc) is 3.04. The molecule has 1 saturated carbocycles. The fraction of sp³-hybridized carbons (Fsp3) is 0.846. The van der Waals surface area contributed by atoms with Gasteiger partial charge in [0.1, 0.15) is 0 Å². The number of ether oxygens (including phenoxy) is 1. The lowest BCUT2D eigenvalue weighted by atomic mass is 9.99. The molecule has 1 aliphatic heterocycles. The van der Waals surface area contributed by atoms with E-state index in [4.69, 9.17) is 5.11 Å². The molecular weight excluding hydrogens is 298 g/mol. The molecule has 2 unspecified atom stereocenters. The van der Waals surface area contributed by atoms with Crippen LogP contribution < -0.4 is 0 Å². The number of hydrogen-bond acceptors (Lipinski definition) is 5. The summed E-state index contributed by atoms with van der Waals surface area (Å²) >= 11 is 0. The first-order chi connectivity index (χ1) is 9.78. The predicted octanol–water partition coefficient (Wildman–Crippen LogP) is 0.310. The molecule has 8 heteroatoms. The number of sulfonamides is 1. The van der Waals surface area contributed by atoms with Crippen LogP contribution in [0.25, 0.3) is 0 Å². The van der Waals surface area contributed by atoms with Crippen molar-refractivity contribution >= 4 is 22.0 Å². The van der Waals surface area contributed by atoms with E-state index in [1.165, 1.54) is 11.4 Å². The van der Waals surface area contributed by atoms with Gasteiger partial charge in [0.2, 0.25) is 10.0 Å². The van der Waals surface area contributed by atoms with E-state index in [-0.39, 0.29) is 19.0 Å². The normalized spacial score (nSPS) is 34.0. The minimum Gasteiger partial charge on any atom is -0.481 e. The van der Waals surface area contributed by atoms with Gasteiger partial charge in [-0.3, -0.25) is 9.59 Å². The number of carboxylic acids is 1. The average molecular weight is 319 g/mol. The van der Waals surface area contributed by atoms with Crippen LogP contribution in [0.15, 0.2) is 0 Å². The Labute approximate surface area is 124 Å². The molecule has 0 amide bonds. The van der Waals surface area contributed by atoms with Gasteiger partial charge in [-0.05, 0) is 18.8 Å². The summed E-state index contributed by atoms with van der Waals surface area (Å²) in [5.74, 6) is -3.02. The number of rotatable bonds is 4. The van der Waals surface area contributed by atoms with Crippen molar-refractivity contribution in [3.63, 3.8) is 0 Å². The smallest absolute Gasteiger partial charge is 0.310 e. The molecule has 0 radical (unpaired) electrons. The van der Waals surface area contributed by atoms with Crippen molar-refractivity contribution in [1.29, 1.82) is 0 Å². The van der Waals surface area contributed by atoms with Crippen molar-refractivity contribution in [3.8, 4) is 0 Å². The number of carbonyl (C=O) groups excluding carboxylic acids is 1. The van der Waals surface area contributed by atoms with Gasteiger partial charge in [-0.15, -0.1) is 0 Å². The van der Waals surface area contributed by atoms with Crippen molar-refractivity contribution in [3.05, 3.63) is 0 Å². The van der Waals surface area contributed by atoms with Gasteiger partial charge in [-0.2, -0.15) is 0 Å². The predicted molar refractivity (Wildman–Crippen MR) is 73.9 cm³/mol. The van der Waals surface area contributed by atoms with Crippen LogP contribution in [0.1, 0.15) is 26.2 Å². The van der Waals surface area contributed by atoms with Crippen molar-refractivity contribution in [1.82, 2.24) is 4.31 Å². The highest BCUT2D eigenvalue weighted by Gasteiger charge is 2.48. The molecule has 1 heterocycles. The van der Waals surface area contributed by atoms with Crippen LogP contribution in [0.3, 0.4) is 0 Å². The van der Waals surface area contributed by atoms with Gasteiger partial charge >= 0.3 is 11.9 Å². The summed E-state index contributed by atoms with van der Waals surface area (Å²) in [5, 5.41) is 8.33. The lowest BCUT2D eigenvalue weighted by Gasteiger charge is -2.24. The fourth-order valence-corrected chi connectivity index (χ4v) is 5.67. The third-order valence-electron chi connectivity index (χ3n) is 4.59. The van der Waals surface area contributed by atoms with Crippen LogP contribution in [0.2, 0.25) is 0 Å². The second kappa shape index (κ2) is 5.92. The summed E-state index contributed by atoms with van der Waals surface area (Å²) < 4.78 is 31.3. The number of aliphatic carboxylic acids is 1. The van der Waals surface area contributed by atoms with E-state index < -0.39 is 39.0 Å². The second-order valence-electron chi connectivity index (χ2n) is 5.88. The molecule has 0 spiro atoms. The third kappa shape index (κ3) is 2.91. The highest BCUT2D eigenvalue weighted by atomic mass is 32.2. The standard InChI is InChI=1S/C13H21NO6S/c1-8-6-14(7-10(8)12(15)16)21(18,19)11-5-3-4-9(11)13(17)20-2/h8-11H,3-7H2,1-2H3,(H,15,16)/t8-,9?,10-,11?/m1/s1. The Balaban J connectivity index is 2.19. The van der Waals surface area contributed by atoms with E-state index >= 15 is 0 Å². The van der Waals surface area contributed by atoms with Crippen LogP contribution in [-0.2, 0) is 24.3 Å². The number of nitrogens with zero attached hydrogens (tertiary/aromatic N) is 1. The van der Waals surface area contributed by atoms with Gasteiger partial charge in [0, 0.05) is 13.1 Å². The second-order valence-corrected chi connectivity index (χ2v) is 8.03. The SMILES string of the molecule is COC(=O)C1CCCC1S(=O)(=O)N1C[C@@H](C)[C@H](C(=O)O)C1. The van der Waals surface area contributed by atoms with Crippen LogP contribution in [-0.4, -0.2) is 55.2 Å². The first kappa shape index (κ1) is 16.2. The molecule has 1 aliphatic carbocycles. The van der Waals surface area contributed by atoms with E-state index in [0.717, 1.165) is 0 Å². The first-order valence-corrected chi connectivity index (χ1v) is 8.59. The molecule has 2 rings (SSSR count). The van der Waals surface area contributed by atoms with Crippen LogP contribution in [0.5, 0.6) is 0 Å². The van der Waals surface area contributed by atoms with E-state index in [0.29, 0.717) is 19.3 Å². The quantitative estimate of drug-likeness (QED) is 0.748. The van der Waals surface area contributed by atoms with E-state index in [2.05, 4.69) is 4.74 Å². The summed E-state index contributed by atoms with van der Waals surface area (Å²) in [7, 11) is -2.42. The number of carbonyl (C=O) groups is 2. The topological polar surface area (TPSA) is 101 Å². The molecule has 0 aromatic heterocycles. The summed E-state index contributed by atoms with van der Waals surface area (Å²) in [4.78, 5) is 22.9. The molecule has 0 bridgehead atoms. The van der Waals surface area contributed by atoms with E-state index in [1.807, 2.05) is 0 Å². The molecule has 7 nitrogen and oxygen atoms in total. The summed E-state index contributed by atoms with van der Waals surface area (Å²) in [6.45, 7) is 1.92. The Bertz CT molecular complexity index is 531.